The molecule has 4 aromatic rings. The van der Waals surface area contributed by atoms with E-state index in [1.165, 1.54) is 11.6 Å². The molecule has 0 saturated carbocycles. The van der Waals surface area contributed by atoms with Crippen LogP contribution in [0.1, 0.15) is 11.1 Å². The Labute approximate surface area is 173 Å². The molecule has 6 heteroatoms. The van der Waals surface area contributed by atoms with E-state index in [4.69, 9.17) is 0 Å². The van der Waals surface area contributed by atoms with Gasteiger partial charge in [0.05, 0.1) is 22.5 Å². The molecule has 1 aromatic heterocycles. The number of nitrogens with zero attached hydrogens (tertiary/aromatic N) is 3. The van der Waals surface area contributed by atoms with Crippen LogP contribution in [0.5, 0.6) is 0 Å². The number of nitro benzene ring substituents is 1. The summed E-state index contributed by atoms with van der Waals surface area (Å²) in [5, 5.41) is 12.1. The van der Waals surface area contributed by atoms with Crippen LogP contribution in [0.4, 0.5) is 5.69 Å². The Hall–Kier alpha value is -3.38. The number of nitro groups is 1. The molecule has 144 valence electrons. The molecule has 0 aliphatic rings. The van der Waals surface area contributed by atoms with Crippen molar-refractivity contribution in [3.8, 4) is 16.9 Å². The summed E-state index contributed by atoms with van der Waals surface area (Å²) in [6.45, 7) is 2.05. The van der Waals surface area contributed by atoms with Crippen LogP contribution in [-0.2, 0) is 5.75 Å². The lowest BCUT2D eigenvalue weighted by molar-refractivity contribution is -0.384. The lowest BCUT2D eigenvalue weighted by Gasteiger charge is -2.14. The third-order valence-electron chi connectivity index (χ3n) is 4.65. The van der Waals surface area contributed by atoms with E-state index in [0.29, 0.717) is 0 Å². The van der Waals surface area contributed by atoms with Gasteiger partial charge in [0.25, 0.3) is 5.69 Å². The average Bonchev–Trinajstić information content (AvgIpc) is 3.17. The molecule has 0 fully saturated rings. The highest BCUT2D eigenvalue weighted by Gasteiger charge is 2.17. The molecule has 0 atom stereocenters. The number of hydrogen-bond donors (Lipinski definition) is 0. The number of aryl methyl sites for hydroxylation is 1. The van der Waals surface area contributed by atoms with Gasteiger partial charge in [0.1, 0.15) is 0 Å². The molecule has 0 unspecified atom stereocenters. The van der Waals surface area contributed by atoms with Crippen molar-refractivity contribution in [2.45, 2.75) is 17.8 Å². The van der Waals surface area contributed by atoms with Gasteiger partial charge in [-0.2, -0.15) is 0 Å². The molecular formula is C23H19N3O2S. The number of benzene rings is 3. The van der Waals surface area contributed by atoms with Gasteiger partial charge in [-0.25, -0.2) is 4.98 Å². The Bertz CT molecular complexity index is 1160. The van der Waals surface area contributed by atoms with Gasteiger partial charge in [-0.15, -0.1) is 0 Å². The highest BCUT2D eigenvalue weighted by Crippen LogP contribution is 2.33. The molecular weight excluding hydrogens is 382 g/mol. The fourth-order valence-electron chi connectivity index (χ4n) is 3.19. The van der Waals surface area contributed by atoms with Gasteiger partial charge in [-0.3, -0.25) is 14.7 Å². The smallest absolute Gasteiger partial charge is 0.270 e. The first-order valence-corrected chi connectivity index (χ1v) is 10.2. The molecule has 0 amide bonds. The Morgan fingerprint density at radius 1 is 1.00 bits per heavy atom. The number of para-hydroxylation sites is 1. The number of non-ortho nitro benzene ring substituents is 1. The maximum absolute atomic E-state index is 11.2. The van der Waals surface area contributed by atoms with Gasteiger partial charge in [0.2, 0.25) is 0 Å². The first-order chi connectivity index (χ1) is 14.1. The summed E-state index contributed by atoms with van der Waals surface area (Å²) < 4.78 is 2.09. The summed E-state index contributed by atoms with van der Waals surface area (Å²) in [4.78, 5) is 15.5. The van der Waals surface area contributed by atoms with E-state index in [1.807, 2.05) is 42.5 Å². The van der Waals surface area contributed by atoms with Gasteiger partial charge in [-0.1, -0.05) is 72.4 Å². The third-order valence-corrected chi connectivity index (χ3v) is 5.67. The summed E-state index contributed by atoms with van der Waals surface area (Å²) in [5.41, 5.74) is 5.01. The first-order valence-electron chi connectivity index (χ1n) is 9.19. The van der Waals surface area contributed by atoms with Gasteiger partial charge in [0.15, 0.2) is 5.16 Å². The Morgan fingerprint density at radius 3 is 2.52 bits per heavy atom. The Balaban J connectivity index is 1.80. The zero-order valence-corrected chi connectivity index (χ0v) is 16.7. The molecule has 0 radical (unpaired) electrons. The maximum Gasteiger partial charge on any atom is 0.270 e. The summed E-state index contributed by atoms with van der Waals surface area (Å²) in [6.07, 6.45) is 1.79. The Kier molecular flexibility index (Phi) is 5.44. The van der Waals surface area contributed by atoms with Crippen LogP contribution in [0.2, 0.25) is 0 Å². The largest absolute Gasteiger partial charge is 0.287 e. The summed E-state index contributed by atoms with van der Waals surface area (Å²) in [5.74, 6) is 0.790. The van der Waals surface area contributed by atoms with E-state index in [-0.39, 0.29) is 10.6 Å². The SMILES string of the molecule is Cc1ccccc1-n1c(-c2cccc([N+](=O)[O-])c2)cnc1SCc1ccccc1. The van der Waals surface area contributed by atoms with Crippen molar-refractivity contribution in [1.29, 1.82) is 0 Å². The Morgan fingerprint density at radius 2 is 1.76 bits per heavy atom. The average molecular weight is 401 g/mol. The first kappa shape index (κ1) is 19.0. The second-order valence-electron chi connectivity index (χ2n) is 6.63. The molecule has 0 bridgehead atoms. The molecule has 0 spiro atoms. The van der Waals surface area contributed by atoms with Gasteiger partial charge < -0.3 is 0 Å². The monoisotopic (exact) mass is 401 g/mol. The predicted molar refractivity (Wildman–Crippen MR) is 116 cm³/mol. The van der Waals surface area contributed by atoms with E-state index >= 15 is 0 Å². The highest BCUT2D eigenvalue weighted by atomic mass is 32.2. The predicted octanol–water partition coefficient (Wildman–Crippen LogP) is 6.05. The number of rotatable bonds is 6. The van der Waals surface area contributed by atoms with Crippen LogP contribution in [0.3, 0.4) is 0 Å². The fraction of sp³-hybridized carbons (Fsp3) is 0.0870. The van der Waals surface area contributed by atoms with Gasteiger partial charge >= 0.3 is 0 Å². The van der Waals surface area contributed by atoms with Crippen molar-refractivity contribution >= 4 is 17.4 Å². The summed E-state index contributed by atoms with van der Waals surface area (Å²) in [6, 6.07) is 25.0. The molecule has 29 heavy (non-hydrogen) atoms. The van der Waals surface area contributed by atoms with Crippen molar-refractivity contribution in [2.24, 2.45) is 0 Å². The molecule has 0 saturated heterocycles. The number of aromatic nitrogens is 2. The lowest BCUT2D eigenvalue weighted by Crippen LogP contribution is -2.01. The normalized spacial score (nSPS) is 10.8. The van der Waals surface area contributed by atoms with Crippen LogP contribution in [-0.4, -0.2) is 14.5 Å². The van der Waals surface area contributed by atoms with E-state index in [2.05, 4.69) is 34.7 Å². The molecule has 0 aliphatic carbocycles. The molecule has 0 aliphatic heterocycles. The van der Waals surface area contributed by atoms with E-state index < -0.39 is 0 Å². The van der Waals surface area contributed by atoms with Gasteiger partial charge in [-0.05, 0) is 24.1 Å². The fourth-order valence-corrected chi connectivity index (χ4v) is 4.13. The number of hydrogen-bond acceptors (Lipinski definition) is 4. The van der Waals surface area contributed by atoms with Crippen LogP contribution < -0.4 is 0 Å². The van der Waals surface area contributed by atoms with E-state index in [1.54, 1.807) is 30.1 Å². The van der Waals surface area contributed by atoms with Crippen molar-refractivity contribution < 1.29 is 4.92 Å². The second-order valence-corrected chi connectivity index (χ2v) is 7.57. The van der Waals surface area contributed by atoms with Crippen molar-refractivity contribution in [2.75, 3.05) is 0 Å². The third kappa shape index (κ3) is 4.07. The summed E-state index contributed by atoms with van der Waals surface area (Å²) >= 11 is 1.65. The minimum Gasteiger partial charge on any atom is -0.287 e. The molecule has 4 rings (SSSR count). The topological polar surface area (TPSA) is 61.0 Å². The second kappa shape index (κ2) is 8.32. The van der Waals surface area contributed by atoms with Crippen molar-refractivity contribution in [3.63, 3.8) is 0 Å². The van der Waals surface area contributed by atoms with E-state index in [0.717, 1.165) is 33.4 Å². The number of thioether (sulfide) groups is 1. The van der Waals surface area contributed by atoms with Crippen LogP contribution in [0.15, 0.2) is 90.2 Å². The molecule has 5 nitrogen and oxygen atoms in total. The summed E-state index contributed by atoms with van der Waals surface area (Å²) in [7, 11) is 0. The highest BCUT2D eigenvalue weighted by molar-refractivity contribution is 7.98. The van der Waals surface area contributed by atoms with Crippen LogP contribution in [0, 0.1) is 17.0 Å². The maximum atomic E-state index is 11.2. The molecule has 1 heterocycles. The minimum atomic E-state index is -0.372. The quantitative estimate of drug-likeness (QED) is 0.224. The zero-order valence-electron chi connectivity index (χ0n) is 15.9. The number of imidazole rings is 1. The van der Waals surface area contributed by atoms with Crippen molar-refractivity contribution in [3.05, 3.63) is 106 Å². The van der Waals surface area contributed by atoms with Crippen LogP contribution >= 0.6 is 11.8 Å². The molecule has 3 aromatic carbocycles. The van der Waals surface area contributed by atoms with Crippen LogP contribution in [0.25, 0.3) is 16.9 Å². The van der Waals surface area contributed by atoms with Gasteiger partial charge in [0, 0.05) is 23.4 Å². The van der Waals surface area contributed by atoms with E-state index in [9.17, 15) is 10.1 Å². The minimum absolute atomic E-state index is 0.0681. The lowest BCUT2D eigenvalue weighted by atomic mass is 10.1. The zero-order chi connectivity index (χ0) is 20.2. The molecule has 0 N–H and O–H groups in total. The standard InChI is InChI=1S/C23H19N3O2S/c1-17-8-5-6-13-21(17)25-22(19-11-7-12-20(14-19)26(27)28)15-24-23(25)29-16-18-9-3-2-4-10-18/h2-15H,16H2,1H3. The van der Waals surface area contributed by atoms with Crippen molar-refractivity contribution in [1.82, 2.24) is 9.55 Å².